The van der Waals surface area contributed by atoms with Gasteiger partial charge in [0, 0.05) is 30.9 Å². The Morgan fingerprint density at radius 3 is 2.29 bits per heavy atom. The zero-order valence-corrected chi connectivity index (χ0v) is 19.8. The molecule has 170 valence electrons. The maximum atomic E-state index is 12.8. The molecule has 2 aromatic carbocycles. The summed E-state index contributed by atoms with van der Waals surface area (Å²) in [6, 6.07) is 14.1. The van der Waals surface area contributed by atoms with Gasteiger partial charge in [0.05, 0.1) is 0 Å². The first-order chi connectivity index (χ1) is 13.8. The molecule has 0 aliphatic carbocycles. The number of piperidine rings is 1. The van der Waals surface area contributed by atoms with Gasteiger partial charge in [-0.1, -0.05) is 29.8 Å². The highest BCUT2D eigenvalue weighted by atomic mass is 35.5. The number of nitrogens with zero attached hydrogens (tertiary/aromatic N) is 2. The fraction of sp³-hybridized carbons (Fsp3) is 0.391. The summed E-state index contributed by atoms with van der Waals surface area (Å²) in [5.74, 6) is -0.283. The number of nitrogens with two attached hydrogens (primary N) is 1. The Kier molecular flexibility index (Phi) is 10.5. The second-order valence-corrected chi connectivity index (χ2v) is 7.93. The van der Waals surface area contributed by atoms with Crippen LogP contribution in [0.15, 0.2) is 48.5 Å². The van der Waals surface area contributed by atoms with Gasteiger partial charge in [-0.2, -0.15) is 0 Å². The molecule has 1 fully saturated rings. The Balaban J connectivity index is 0.00000240. The molecular weight excluding hydrogens is 435 g/mol. The van der Waals surface area contributed by atoms with Crippen molar-refractivity contribution in [2.24, 2.45) is 5.73 Å². The van der Waals surface area contributed by atoms with Crippen molar-refractivity contribution in [1.29, 1.82) is 0 Å². The monoisotopic (exact) mass is 466 g/mol. The van der Waals surface area contributed by atoms with Crippen molar-refractivity contribution in [3.05, 3.63) is 65.2 Å². The second kappa shape index (κ2) is 12.1. The molecule has 2 atom stereocenters. The lowest BCUT2D eigenvalue weighted by molar-refractivity contribution is -0.117. The minimum Gasteiger partial charge on any atom is -0.337 e. The third kappa shape index (κ3) is 6.94. The number of amides is 2. The van der Waals surface area contributed by atoms with Gasteiger partial charge < -0.3 is 20.9 Å². The van der Waals surface area contributed by atoms with E-state index in [4.69, 9.17) is 5.73 Å². The van der Waals surface area contributed by atoms with Crippen LogP contribution in [0.2, 0.25) is 0 Å². The average molecular weight is 467 g/mol. The third-order valence-electron chi connectivity index (χ3n) is 5.59. The van der Waals surface area contributed by atoms with Crippen LogP contribution in [0, 0.1) is 6.92 Å². The van der Waals surface area contributed by atoms with Crippen LogP contribution < -0.4 is 11.1 Å². The number of nitrogens with one attached hydrogen (secondary N) is 1. The molecule has 1 aliphatic rings. The van der Waals surface area contributed by atoms with Crippen LogP contribution in [-0.2, 0) is 4.79 Å². The van der Waals surface area contributed by atoms with Crippen LogP contribution in [0.4, 0.5) is 5.69 Å². The van der Waals surface area contributed by atoms with Gasteiger partial charge in [0.2, 0.25) is 5.91 Å². The highest BCUT2D eigenvalue weighted by Gasteiger charge is 2.25. The second-order valence-electron chi connectivity index (χ2n) is 7.93. The van der Waals surface area contributed by atoms with E-state index in [0.29, 0.717) is 11.3 Å². The summed E-state index contributed by atoms with van der Waals surface area (Å²) in [7, 11) is 3.95. The first kappa shape index (κ1) is 26.9. The van der Waals surface area contributed by atoms with Gasteiger partial charge in [0.25, 0.3) is 5.91 Å². The molecule has 0 radical (unpaired) electrons. The number of benzene rings is 2. The Bertz CT molecular complexity index is 859. The third-order valence-corrected chi connectivity index (χ3v) is 5.59. The molecule has 6 nitrogen and oxygen atoms in total. The van der Waals surface area contributed by atoms with Gasteiger partial charge in [0.15, 0.2) is 0 Å². The van der Waals surface area contributed by atoms with Gasteiger partial charge in [-0.05, 0) is 63.2 Å². The molecule has 1 aliphatic heterocycles. The lowest BCUT2D eigenvalue weighted by atomic mass is 10.0. The highest BCUT2D eigenvalue weighted by molar-refractivity contribution is 5.97. The van der Waals surface area contributed by atoms with E-state index in [1.165, 1.54) is 0 Å². The van der Waals surface area contributed by atoms with E-state index < -0.39 is 6.04 Å². The summed E-state index contributed by atoms with van der Waals surface area (Å²) in [5, 5.41) is 2.82. The molecule has 3 N–H and O–H groups in total. The minimum atomic E-state index is -0.744. The smallest absolute Gasteiger partial charge is 0.253 e. The Hall–Kier alpha value is -2.12. The number of hydrogen-bond donors (Lipinski definition) is 2. The fourth-order valence-electron chi connectivity index (χ4n) is 3.67. The average Bonchev–Trinajstić information content (AvgIpc) is 2.73. The molecule has 1 saturated heterocycles. The summed E-state index contributed by atoms with van der Waals surface area (Å²) >= 11 is 0. The number of aryl methyl sites for hydroxylation is 1. The van der Waals surface area contributed by atoms with Gasteiger partial charge in [0.1, 0.15) is 6.04 Å². The highest BCUT2D eigenvalue weighted by Crippen LogP contribution is 2.19. The van der Waals surface area contributed by atoms with E-state index in [9.17, 15) is 9.59 Å². The summed E-state index contributed by atoms with van der Waals surface area (Å²) in [5.41, 5.74) is 9.18. The standard InChI is InChI=1S/C23H30N4O2.2ClH/c1-16-6-8-17(9-7-16)21(24)22(28)25-19-12-10-18(11-13-19)23(29)27(3)20-5-4-14-26(2)15-20;;/h6-13,20-21H,4-5,14-15,24H2,1-3H3,(H,25,28);2*1H. The van der Waals surface area contributed by atoms with Crippen molar-refractivity contribution in [1.82, 2.24) is 9.80 Å². The number of likely N-dealkylation sites (N-methyl/N-ethyl adjacent to an activating group) is 2. The molecule has 2 unspecified atom stereocenters. The summed E-state index contributed by atoms with van der Waals surface area (Å²) in [6.45, 7) is 3.97. The predicted octanol–water partition coefficient (Wildman–Crippen LogP) is 3.64. The van der Waals surface area contributed by atoms with Crippen molar-refractivity contribution in [3.63, 3.8) is 0 Å². The molecule has 0 aromatic heterocycles. The van der Waals surface area contributed by atoms with Crippen LogP contribution in [0.1, 0.15) is 40.4 Å². The largest absolute Gasteiger partial charge is 0.337 e. The SMILES string of the molecule is Cc1ccc(C(N)C(=O)Nc2ccc(C(=O)N(C)C3CCCN(C)C3)cc2)cc1.Cl.Cl. The van der Waals surface area contributed by atoms with Crippen LogP contribution in [0.3, 0.4) is 0 Å². The Morgan fingerprint density at radius 2 is 1.71 bits per heavy atom. The van der Waals surface area contributed by atoms with Gasteiger partial charge in [-0.3, -0.25) is 9.59 Å². The zero-order chi connectivity index (χ0) is 21.0. The number of carbonyl (C=O) groups excluding carboxylic acids is 2. The van der Waals surface area contributed by atoms with Gasteiger partial charge in [-0.25, -0.2) is 0 Å². The van der Waals surface area contributed by atoms with Crippen molar-refractivity contribution in [3.8, 4) is 0 Å². The number of carbonyl (C=O) groups is 2. The first-order valence-electron chi connectivity index (χ1n) is 10.0. The van der Waals surface area contributed by atoms with E-state index in [1.54, 1.807) is 24.3 Å². The molecule has 3 rings (SSSR count). The molecule has 1 heterocycles. The van der Waals surface area contributed by atoms with Crippen LogP contribution in [0.25, 0.3) is 0 Å². The van der Waals surface area contributed by atoms with E-state index in [-0.39, 0.29) is 42.7 Å². The Morgan fingerprint density at radius 1 is 1.10 bits per heavy atom. The predicted molar refractivity (Wildman–Crippen MR) is 130 cm³/mol. The summed E-state index contributed by atoms with van der Waals surface area (Å²) in [6.07, 6.45) is 2.13. The van der Waals surface area contributed by atoms with E-state index >= 15 is 0 Å². The molecule has 8 heteroatoms. The lowest BCUT2D eigenvalue weighted by Crippen LogP contribution is -2.47. The number of halogens is 2. The van der Waals surface area contributed by atoms with E-state index in [1.807, 2.05) is 43.1 Å². The molecule has 2 amide bonds. The van der Waals surface area contributed by atoms with Crippen molar-refractivity contribution in [2.75, 3.05) is 32.5 Å². The fourth-order valence-corrected chi connectivity index (χ4v) is 3.67. The van der Waals surface area contributed by atoms with Crippen LogP contribution >= 0.6 is 24.8 Å². The molecule has 2 aromatic rings. The lowest BCUT2D eigenvalue weighted by Gasteiger charge is -2.35. The molecular formula is C23H32Cl2N4O2. The first-order valence-corrected chi connectivity index (χ1v) is 10.0. The Labute approximate surface area is 197 Å². The quantitative estimate of drug-likeness (QED) is 0.704. The minimum absolute atomic E-state index is 0. The normalized spacial score (nSPS) is 17.0. The van der Waals surface area contributed by atoms with Gasteiger partial charge >= 0.3 is 0 Å². The van der Waals surface area contributed by atoms with Crippen molar-refractivity contribution >= 4 is 42.3 Å². The number of likely N-dealkylation sites (tertiary alicyclic amines) is 1. The zero-order valence-electron chi connectivity index (χ0n) is 18.2. The van der Waals surface area contributed by atoms with Crippen LogP contribution in [-0.4, -0.2) is 54.8 Å². The maximum absolute atomic E-state index is 12.8. The van der Waals surface area contributed by atoms with E-state index in [2.05, 4.69) is 17.3 Å². The topological polar surface area (TPSA) is 78.7 Å². The number of rotatable bonds is 5. The van der Waals surface area contributed by atoms with Crippen molar-refractivity contribution in [2.45, 2.75) is 31.8 Å². The summed E-state index contributed by atoms with van der Waals surface area (Å²) < 4.78 is 0. The van der Waals surface area contributed by atoms with Crippen LogP contribution in [0.5, 0.6) is 0 Å². The molecule has 0 spiro atoms. The van der Waals surface area contributed by atoms with E-state index in [0.717, 1.165) is 37.1 Å². The van der Waals surface area contributed by atoms with Crippen molar-refractivity contribution < 1.29 is 9.59 Å². The number of anilines is 1. The molecule has 31 heavy (non-hydrogen) atoms. The maximum Gasteiger partial charge on any atom is 0.253 e. The molecule has 0 bridgehead atoms. The molecule has 0 saturated carbocycles. The van der Waals surface area contributed by atoms with Gasteiger partial charge in [-0.15, -0.1) is 24.8 Å². The number of hydrogen-bond acceptors (Lipinski definition) is 4. The summed E-state index contributed by atoms with van der Waals surface area (Å²) in [4.78, 5) is 29.3.